The number of hydrogen-bond donors (Lipinski definition) is 0. The Morgan fingerprint density at radius 1 is 0.964 bits per heavy atom. The lowest BCUT2D eigenvalue weighted by molar-refractivity contribution is -0.140. The first-order valence-corrected chi connectivity index (χ1v) is 10.4. The van der Waals surface area contributed by atoms with Crippen molar-refractivity contribution in [3.05, 3.63) is 58.8 Å². The molecule has 28 heavy (non-hydrogen) atoms. The SMILES string of the molecule is O=C1[C@@H]2[C@H]3C=C[C@@H]([C@@H]4C[C@H]34)[C@H]2C(=O)N1N=Cc1ccc(-c2ccc(Br)cc2)o1. The van der Waals surface area contributed by atoms with Gasteiger partial charge in [-0.15, -0.1) is 0 Å². The molecule has 0 spiro atoms. The first-order chi connectivity index (χ1) is 13.6. The lowest BCUT2D eigenvalue weighted by Gasteiger charge is -2.37. The van der Waals surface area contributed by atoms with E-state index in [-0.39, 0.29) is 35.5 Å². The van der Waals surface area contributed by atoms with Crippen molar-refractivity contribution in [3.63, 3.8) is 0 Å². The number of halogens is 1. The third kappa shape index (κ3) is 2.27. The van der Waals surface area contributed by atoms with E-state index in [4.69, 9.17) is 4.42 Å². The molecule has 1 aromatic heterocycles. The molecule has 7 rings (SSSR count). The van der Waals surface area contributed by atoms with Crippen molar-refractivity contribution >= 4 is 34.0 Å². The van der Waals surface area contributed by atoms with E-state index < -0.39 is 0 Å². The molecule has 2 saturated carbocycles. The fourth-order valence-corrected chi connectivity index (χ4v) is 5.63. The molecule has 2 heterocycles. The topological polar surface area (TPSA) is 62.9 Å². The highest BCUT2D eigenvalue weighted by molar-refractivity contribution is 9.10. The van der Waals surface area contributed by atoms with Crippen LogP contribution in [0, 0.1) is 35.5 Å². The average Bonchev–Trinajstić information content (AvgIpc) is 3.34. The van der Waals surface area contributed by atoms with E-state index in [0.29, 0.717) is 23.4 Å². The Hall–Kier alpha value is -2.47. The van der Waals surface area contributed by atoms with E-state index in [1.165, 1.54) is 6.21 Å². The Kier molecular flexibility index (Phi) is 3.39. The molecule has 2 amide bonds. The maximum Gasteiger partial charge on any atom is 0.254 e. The van der Waals surface area contributed by atoms with Crippen molar-refractivity contribution in [2.75, 3.05) is 0 Å². The van der Waals surface area contributed by atoms with Gasteiger partial charge in [-0.05, 0) is 54.4 Å². The van der Waals surface area contributed by atoms with E-state index in [1.807, 2.05) is 30.3 Å². The third-order valence-electron chi connectivity index (χ3n) is 6.70. The Morgan fingerprint density at radius 2 is 1.61 bits per heavy atom. The van der Waals surface area contributed by atoms with E-state index in [2.05, 4.69) is 33.2 Å². The fourth-order valence-electron chi connectivity index (χ4n) is 5.36. The van der Waals surface area contributed by atoms with Gasteiger partial charge in [-0.25, -0.2) is 0 Å². The molecule has 0 unspecified atom stereocenters. The molecule has 0 radical (unpaired) electrons. The minimum atomic E-state index is -0.224. The van der Waals surface area contributed by atoms with Gasteiger partial charge in [-0.2, -0.15) is 10.1 Å². The van der Waals surface area contributed by atoms with Gasteiger partial charge in [0, 0.05) is 10.0 Å². The molecule has 5 nitrogen and oxygen atoms in total. The largest absolute Gasteiger partial charge is 0.455 e. The van der Waals surface area contributed by atoms with Crippen LogP contribution in [0.1, 0.15) is 12.2 Å². The van der Waals surface area contributed by atoms with Gasteiger partial charge in [-0.1, -0.05) is 40.2 Å². The number of allylic oxidation sites excluding steroid dienone is 2. The molecule has 2 bridgehead atoms. The van der Waals surface area contributed by atoms with Gasteiger partial charge in [0.15, 0.2) is 0 Å². The summed E-state index contributed by atoms with van der Waals surface area (Å²) in [5, 5.41) is 5.30. The van der Waals surface area contributed by atoms with Gasteiger partial charge in [-0.3, -0.25) is 9.59 Å². The highest BCUT2D eigenvalue weighted by Crippen LogP contribution is 2.65. The maximum absolute atomic E-state index is 12.9. The zero-order valence-corrected chi connectivity index (χ0v) is 16.5. The number of carbonyl (C=O) groups excluding carboxylic acids is 2. The van der Waals surface area contributed by atoms with Crippen molar-refractivity contribution in [1.82, 2.24) is 5.01 Å². The van der Waals surface area contributed by atoms with Crippen molar-refractivity contribution in [2.45, 2.75) is 6.42 Å². The lowest BCUT2D eigenvalue weighted by Crippen LogP contribution is -2.40. The minimum absolute atomic E-state index is 0.157. The van der Waals surface area contributed by atoms with Crippen LogP contribution in [0.2, 0.25) is 0 Å². The number of benzene rings is 1. The summed E-state index contributed by atoms with van der Waals surface area (Å²) >= 11 is 3.42. The summed E-state index contributed by atoms with van der Waals surface area (Å²) in [5.41, 5.74) is 0.948. The number of carbonyl (C=O) groups is 2. The van der Waals surface area contributed by atoms with E-state index in [1.54, 1.807) is 6.07 Å². The minimum Gasteiger partial charge on any atom is -0.455 e. The summed E-state index contributed by atoms with van der Waals surface area (Å²) in [6, 6.07) is 11.4. The summed E-state index contributed by atoms with van der Waals surface area (Å²) in [7, 11) is 0. The highest BCUT2D eigenvalue weighted by Gasteiger charge is 2.67. The van der Waals surface area contributed by atoms with E-state index >= 15 is 0 Å². The zero-order valence-electron chi connectivity index (χ0n) is 14.9. The first-order valence-electron chi connectivity index (χ1n) is 9.58. The molecule has 1 aromatic carbocycles. The van der Waals surface area contributed by atoms with Gasteiger partial charge in [0.2, 0.25) is 0 Å². The smallest absolute Gasteiger partial charge is 0.254 e. The Balaban J connectivity index is 1.24. The highest BCUT2D eigenvalue weighted by atomic mass is 79.9. The standard InChI is InChI=1S/C22H17BrN2O3/c23-12-3-1-11(2-4-12)18-8-5-13(28-18)10-24-25-21(26)19-14-6-7-15(17-9-16(14)17)20(19)22(25)27/h1-8,10,14-17,19-20H,9H2/t14-,15-,16-,17+,19+,20+/m0/s1. The van der Waals surface area contributed by atoms with Crippen molar-refractivity contribution in [2.24, 2.45) is 40.6 Å². The van der Waals surface area contributed by atoms with Crippen LogP contribution in [0.5, 0.6) is 0 Å². The number of furan rings is 1. The first kappa shape index (κ1) is 16.5. The van der Waals surface area contributed by atoms with Crippen LogP contribution >= 0.6 is 15.9 Å². The summed E-state index contributed by atoms with van der Waals surface area (Å²) in [6.45, 7) is 0. The monoisotopic (exact) mass is 436 g/mol. The second kappa shape index (κ2) is 5.77. The number of amides is 2. The summed E-state index contributed by atoms with van der Waals surface area (Å²) in [5.74, 6) is 2.07. The Labute approximate surface area is 170 Å². The molecule has 140 valence electrons. The van der Waals surface area contributed by atoms with Crippen LogP contribution in [0.25, 0.3) is 11.3 Å². The molecule has 4 aliphatic carbocycles. The van der Waals surface area contributed by atoms with Crippen LogP contribution in [-0.2, 0) is 9.59 Å². The maximum atomic E-state index is 12.9. The average molecular weight is 437 g/mol. The Bertz CT molecular complexity index is 1020. The van der Waals surface area contributed by atoms with Crippen molar-refractivity contribution in [1.29, 1.82) is 0 Å². The van der Waals surface area contributed by atoms with Crippen LogP contribution in [0.4, 0.5) is 0 Å². The molecule has 0 N–H and O–H groups in total. The predicted octanol–water partition coefficient (Wildman–Crippen LogP) is 4.10. The molecule has 3 fully saturated rings. The third-order valence-corrected chi connectivity index (χ3v) is 7.22. The quantitative estimate of drug-likeness (QED) is 0.413. The number of hydrazone groups is 1. The van der Waals surface area contributed by atoms with Crippen LogP contribution in [0.15, 0.2) is 62.5 Å². The molecular weight excluding hydrogens is 420 g/mol. The van der Waals surface area contributed by atoms with E-state index in [9.17, 15) is 9.59 Å². The normalized spacial score (nSPS) is 35.0. The number of imide groups is 1. The van der Waals surface area contributed by atoms with Crippen LogP contribution < -0.4 is 0 Å². The summed E-state index contributed by atoms with van der Waals surface area (Å²) < 4.78 is 6.81. The van der Waals surface area contributed by atoms with Gasteiger partial charge < -0.3 is 4.42 Å². The summed E-state index contributed by atoms with van der Waals surface area (Å²) in [4.78, 5) is 25.8. The number of rotatable bonds is 3. The second-order valence-corrected chi connectivity index (χ2v) is 9.01. The molecule has 1 saturated heterocycles. The molecule has 6 atom stereocenters. The van der Waals surface area contributed by atoms with Crippen molar-refractivity contribution < 1.29 is 14.0 Å². The van der Waals surface area contributed by atoms with Crippen LogP contribution in [0.3, 0.4) is 0 Å². The molecular formula is C22H17BrN2O3. The summed E-state index contributed by atoms with van der Waals surface area (Å²) in [6.07, 6.45) is 6.95. The molecule has 2 aromatic rings. The molecule has 6 heteroatoms. The Morgan fingerprint density at radius 3 is 2.25 bits per heavy atom. The van der Waals surface area contributed by atoms with E-state index in [0.717, 1.165) is 21.5 Å². The second-order valence-electron chi connectivity index (χ2n) is 8.10. The number of nitrogens with zero attached hydrogens (tertiary/aromatic N) is 2. The van der Waals surface area contributed by atoms with Gasteiger partial charge in [0.25, 0.3) is 11.8 Å². The lowest BCUT2D eigenvalue weighted by atomic mass is 9.63. The molecule has 1 aliphatic heterocycles. The van der Waals surface area contributed by atoms with Crippen molar-refractivity contribution in [3.8, 4) is 11.3 Å². The van der Waals surface area contributed by atoms with Gasteiger partial charge >= 0.3 is 0 Å². The van der Waals surface area contributed by atoms with Crippen LogP contribution in [-0.4, -0.2) is 23.0 Å². The predicted molar refractivity (Wildman–Crippen MR) is 106 cm³/mol. The fraction of sp³-hybridized carbons (Fsp3) is 0.318. The van der Waals surface area contributed by atoms with Gasteiger partial charge in [0.05, 0.1) is 18.1 Å². The zero-order chi connectivity index (χ0) is 19.0. The van der Waals surface area contributed by atoms with Gasteiger partial charge in [0.1, 0.15) is 11.5 Å². The number of hydrogen-bond acceptors (Lipinski definition) is 4. The molecule has 5 aliphatic rings.